The van der Waals surface area contributed by atoms with Crippen molar-refractivity contribution < 1.29 is 25.2 Å². The summed E-state index contributed by atoms with van der Waals surface area (Å²) in [5.41, 5.74) is 0. The van der Waals surface area contributed by atoms with Crippen LogP contribution in [0.2, 0.25) is 0 Å². The highest BCUT2D eigenvalue weighted by atomic mass is 16.4. The topological polar surface area (TPSA) is 98.0 Å². The molecule has 0 aromatic heterocycles. The summed E-state index contributed by atoms with van der Waals surface area (Å²) in [5, 5.41) is 35.2. The Kier molecular flexibility index (Phi) is 5.00. The van der Waals surface area contributed by atoms with Crippen LogP contribution in [0.5, 0.6) is 0 Å². The van der Waals surface area contributed by atoms with Crippen LogP contribution in [0.15, 0.2) is 0 Å². The molecule has 0 heterocycles. The van der Waals surface area contributed by atoms with Gasteiger partial charge in [-0.25, -0.2) is 0 Å². The minimum absolute atomic E-state index is 0.0797. The number of hydrogen-bond donors (Lipinski definition) is 4. The predicted octanol–water partition coefficient (Wildman–Crippen LogP) is -1.96. The van der Waals surface area contributed by atoms with Gasteiger partial charge in [-0.15, -0.1) is 0 Å². The molecule has 0 aliphatic heterocycles. The Hall–Kier alpha value is -0.490. The summed E-state index contributed by atoms with van der Waals surface area (Å²) in [6, 6.07) is 0. The zero-order valence-corrected chi connectivity index (χ0v) is 6.84. The van der Waals surface area contributed by atoms with Crippen molar-refractivity contribution in [3.8, 4) is 0 Å². The lowest BCUT2D eigenvalue weighted by Gasteiger charge is -2.19. The maximum atomic E-state index is 10.8. The van der Waals surface area contributed by atoms with Crippen LogP contribution in [0, 0.1) is 0 Å². The maximum absolute atomic E-state index is 10.8. The molecule has 12 heavy (non-hydrogen) atoms. The first-order valence-electron chi connectivity index (χ1n) is 3.72. The molecule has 0 unspecified atom stereocenters. The van der Waals surface area contributed by atoms with E-state index >= 15 is 0 Å². The highest BCUT2D eigenvalue weighted by molar-refractivity contribution is 5.83. The van der Waals surface area contributed by atoms with Gasteiger partial charge in [0.05, 0.1) is 6.61 Å². The minimum atomic E-state index is -1.61. The lowest BCUT2D eigenvalue weighted by molar-refractivity contribution is -0.139. The third-order valence-electron chi connectivity index (χ3n) is 1.58. The quantitative estimate of drug-likeness (QED) is 0.392. The Bertz CT molecular complexity index is 147. The Labute approximate surface area is 70.3 Å². The summed E-state index contributed by atoms with van der Waals surface area (Å²) >= 11 is 0. The van der Waals surface area contributed by atoms with E-state index in [4.69, 9.17) is 20.4 Å². The highest BCUT2D eigenvalue weighted by Crippen LogP contribution is 2.02. The molecule has 0 radical (unpaired) electrons. The molecule has 0 aliphatic rings. The fraction of sp³-hybridized carbons (Fsp3) is 0.857. The van der Waals surface area contributed by atoms with Gasteiger partial charge < -0.3 is 20.4 Å². The van der Waals surface area contributed by atoms with Crippen molar-refractivity contribution in [1.29, 1.82) is 0 Å². The van der Waals surface area contributed by atoms with Crippen molar-refractivity contribution in [2.75, 3.05) is 6.61 Å². The first-order chi connectivity index (χ1) is 5.54. The Morgan fingerprint density at radius 2 is 1.83 bits per heavy atom. The monoisotopic (exact) mass is 178 g/mol. The van der Waals surface area contributed by atoms with Crippen molar-refractivity contribution in [2.24, 2.45) is 0 Å². The van der Waals surface area contributed by atoms with Gasteiger partial charge in [-0.2, -0.15) is 0 Å². The third kappa shape index (κ3) is 2.86. The lowest BCUT2D eigenvalue weighted by Crippen LogP contribution is -2.43. The summed E-state index contributed by atoms with van der Waals surface area (Å²) in [5.74, 6) is -0.560. The van der Waals surface area contributed by atoms with E-state index in [1.54, 1.807) is 0 Å². The fourth-order valence-corrected chi connectivity index (χ4v) is 0.718. The molecular weight excluding hydrogens is 164 g/mol. The van der Waals surface area contributed by atoms with E-state index in [1.807, 2.05) is 0 Å². The van der Waals surface area contributed by atoms with Gasteiger partial charge in [-0.1, -0.05) is 6.92 Å². The molecule has 0 rings (SSSR count). The largest absolute Gasteiger partial charge is 0.394 e. The van der Waals surface area contributed by atoms with Crippen LogP contribution in [0.1, 0.15) is 13.3 Å². The molecule has 0 bridgehead atoms. The fourth-order valence-electron chi connectivity index (χ4n) is 0.718. The van der Waals surface area contributed by atoms with Gasteiger partial charge in [0.2, 0.25) is 0 Å². The van der Waals surface area contributed by atoms with Crippen molar-refractivity contribution in [3.05, 3.63) is 0 Å². The van der Waals surface area contributed by atoms with Gasteiger partial charge in [0, 0.05) is 6.42 Å². The first kappa shape index (κ1) is 11.5. The van der Waals surface area contributed by atoms with Gasteiger partial charge in [-0.3, -0.25) is 4.79 Å². The maximum Gasteiger partial charge on any atom is 0.163 e. The van der Waals surface area contributed by atoms with E-state index in [-0.39, 0.29) is 6.42 Å². The molecule has 0 aromatic carbocycles. The van der Waals surface area contributed by atoms with Crippen LogP contribution >= 0.6 is 0 Å². The Balaban J connectivity index is 4.08. The summed E-state index contributed by atoms with van der Waals surface area (Å²) < 4.78 is 0. The summed E-state index contributed by atoms with van der Waals surface area (Å²) in [4.78, 5) is 10.8. The minimum Gasteiger partial charge on any atom is -0.394 e. The smallest absolute Gasteiger partial charge is 0.163 e. The van der Waals surface area contributed by atoms with Gasteiger partial charge in [0.15, 0.2) is 5.78 Å². The van der Waals surface area contributed by atoms with E-state index in [1.165, 1.54) is 6.92 Å². The molecule has 5 nitrogen and oxygen atoms in total. The van der Waals surface area contributed by atoms with Crippen molar-refractivity contribution in [3.63, 3.8) is 0 Å². The molecule has 0 saturated heterocycles. The average Bonchev–Trinajstić information content (AvgIpc) is 2.12. The van der Waals surface area contributed by atoms with Crippen LogP contribution in [0.25, 0.3) is 0 Å². The Morgan fingerprint density at radius 1 is 1.33 bits per heavy atom. The summed E-state index contributed by atoms with van der Waals surface area (Å²) in [7, 11) is 0. The third-order valence-corrected chi connectivity index (χ3v) is 1.58. The van der Waals surface area contributed by atoms with E-state index in [0.29, 0.717) is 0 Å². The average molecular weight is 178 g/mol. The van der Waals surface area contributed by atoms with Crippen LogP contribution in [-0.4, -0.2) is 51.1 Å². The molecule has 3 atom stereocenters. The van der Waals surface area contributed by atoms with Crippen molar-refractivity contribution in [1.82, 2.24) is 0 Å². The van der Waals surface area contributed by atoms with Gasteiger partial charge in [-0.05, 0) is 0 Å². The number of Topliss-reactive ketones (excluding diaryl/α,β-unsaturated/α-hetero) is 1. The highest BCUT2D eigenvalue weighted by Gasteiger charge is 2.28. The Morgan fingerprint density at radius 3 is 2.17 bits per heavy atom. The van der Waals surface area contributed by atoms with Crippen molar-refractivity contribution >= 4 is 5.78 Å². The predicted molar refractivity (Wildman–Crippen MR) is 40.4 cm³/mol. The molecule has 0 aliphatic carbocycles. The van der Waals surface area contributed by atoms with Crippen molar-refractivity contribution in [2.45, 2.75) is 31.7 Å². The number of carbonyl (C=O) groups is 1. The SMILES string of the molecule is CCC(=O)[C@H](O)[C@H](O)[C@H](O)CO. The normalized spacial score (nSPS) is 18.4. The van der Waals surface area contributed by atoms with Crippen LogP contribution in [0.3, 0.4) is 0 Å². The molecule has 0 fully saturated rings. The zero-order valence-electron chi connectivity index (χ0n) is 6.84. The molecule has 5 heteroatoms. The molecule has 0 amide bonds. The van der Waals surface area contributed by atoms with E-state index in [0.717, 1.165) is 0 Å². The molecule has 72 valence electrons. The van der Waals surface area contributed by atoms with Crippen LogP contribution < -0.4 is 0 Å². The molecular formula is C7H14O5. The zero-order chi connectivity index (χ0) is 9.72. The number of ketones is 1. The summed E-state index contributed by atoms with van der Waals surface area (Å²) in [6.45, 7) is 0.846. The van der Waals surface area contributed by atoms with Gasteiger partial charge in [0.1, 0.15) is 18.3 Å². The van der Waals surface area contributed by atoms with Crippen LogP contribution in [-0.2, 0) is 4.79 Å². The molecule has 0 saturated carbocycles. The summed E-state index contributed by atoms with van der Waals surface area (Å²) in [6.07, 6.45) is -4.62. The first-order valence-corrected chi connectivity index (χ1v) is 3.72. The molecule has 0 aromatic rings. The van der Waals surface area contributed by atoms with E-state index in [9.17, 15) is 4.79 Å². The second-order valence-corrected chi connectivity index (χ2v) is 2.51. The number of aliphatic hydroxyl groups excluding tert-OH is 4. The van der Waals surface area contributed by atoms with E-state index < -0.39 is 30.7 Å². The lowest BCUT2D eigenvalue weighted by atomic mass is 10.0. The molecule has 0 spiro atoms. The van der Waals surface area contributed by atoms with Crippen LogP contribution in [0.4, 0.5) is 0 Å². The number of aliphatic hydroxyl groups is 4. The number of rotatable bonds is 5. The van der Waals surface area contributed by atoms with E-state index in [2.05, 4.69) is 0 Å². The number of carbonyl (C=O) groups excluding carboxylic acids is 1. The second kappa shape index (κ2) is 5.21. The second-order valence-electron chi connectivity index (χ2n) is 2.51. The number of hydrogen-bond acceptors (Lipinski definition) is 5. The van der Waals surface area contributed by atoms with Gasteiger partial charge >= 0.3 is 0 Å². The molecule has 4 N–H and O–H groups in total. The van der Waals surface area contributed by atoms with Gasteiger partial charge in [0.25, 0.3) is 0 Å². The standard InChI is InChI=1S/C7H14O5/c1-2-4(9)6(11)7(12)5(10)3-8/h5-8,10-12H,2-3H2,1H3/t5-,6+,7-/m1/s1.